The van der Waals surface area contributed by atoms with Gasteiger partial charge in [0.2, 0.25) is 8.32 Å². The van der Waals surface area contributed by atoms with E-state index in [0.717, 1.165) is 7.11 Å². The van der Waals surface area contributed by atoms with Crippen molar-refractivity contribution in [2.45, 2.75) is 50.9 Å². The summed E-state index contributed by atoms with van der Waals surface area (Å²) in [7, 11) is -1.02. The minimum Gasteiger partial charge on any atom is -0.543 e. The largest absolute Gasteiger partial charge is 0.543 e. The molecule has 0 amide bonds. The quantitative estimate of drug-likeness (QED) is 0.238. The highest BCUT2D eigenvalue weighted by atomic mass is 28.4. The van der Waals surface area contributed by atoms with E-state index in [9.17, 15) is 14.9 Å². The molecule has 0 aliphatic rings. The van der Waals surface area contributed by atoms with Gasteiger partial charge in [-0.05, 0) is 24.2 Å². The Morgan fingerprint density at radius 1 is 1.32 bits per heavy atom. The Morgan fingerprint density at radius 2 is 1.88 bits per heavy atom. The van der Waals surface area contributed by atoms with E-state index in [1.54, 1.807) is 18.2 Å². The topological polar surface area (TPSA) is 78.7 Å². The molecule has 0 heterocycles. The summed E-state index contributed by atoms with van der Waals surface area (Å²) in [5, 5.41) is 11.4. The molecule has 0 fully saturated rings. The molecule has 138 valence electrons. The summed E-state index contributed by atoms with van der Waals surface area (Å²) in [6.45, 7) is 14.2. The third kappa shape index (κ3) is 4.69. The molecular weight excluding hydrogens is 338 g/mol. The number of carbonyl (C=O) groups excluding carboxylic acids is 1. The molecule has 25 heavy (non-hydrogen) atoms. The highest BCUT2D eigenvalue weighted by Crippen LogP contribution is 2.40. The second-order valence-corrected chi connectivity index (χ2v) is 12.1. The third-order valence-corrected chi connectivity index (χ3v) is 9.06. The zero-order valence-electron chi connectivity index (χ0n) is 15.7. The van der Waals surface area contributed by atoms with E-state index in [1.165, 1.54) is 6.08 Å². The molecule has 0 radical (unpaired) electrons. The van der Waals surface area contributed by atoms with Gasteiger partial charge in [0.15, 0.2) is 0 Å². The first-order valence-electron chi connectivity index (χ1n) is 8.08. The van der Waals surface area contributed by atoms with Gasteiger partial charge in [-0.3, -0.25) is 10.1 Å². The van der Waals surface area contributed by atoms with Crippen LogP contribution in [0.3, 0.4) is 0 Å². The van der Waals surface area contributed by atoms with Gasteiger partial charge < -0.3 is 9.16 Å². The second-order valence-electron chi connectivity index (χ2n) is 7.42. The lowest BCUT2D eigenvalue weighted by Gasteiger charge is -2.37. The standard InChI is InChI=1S/C18H27NO5Si/c1-8-13(16(19(21)22)17(20)23-5)14-11-9-10-12-15(14)24-25(6,7)18(2,3)4/h8-13,16H,1H2,2-7H3. The zero-order valence-corrected chi connectivity index (χ0v) is 16.7. The lowest BCUT2D eigenvalue weighted by Crippen LogP contribution is -2.44. The van der Waals surface area contributed by atoms with Gasteiger partial charge in [-0.1, -0.05) is 45.0 Å². The van der Waals surface area contributed by atoms with Crippen LogP contribution in [0.1, 0.15) is 32.3 Å². The molecule has 1 rings (SSSR count). The third-order valence-electron chi connectivity index (χ3n) is 4.71. The van der Waals surface area contributed by atoms with Crippen molar-refractivity contribution in [3.8, 4) is 5.75 Å². The van der Waals surface area contributed by atoms with Crippen LogP contribution < -0.4 is 4.43 Å². The summed E-state index contributed by atoms with van der Waals surface area (Å²) in [6.07, 6.45) is 1.40. The minimum absolute atomic E-state index is 0.0331. The Bertz CT molecular complexity index is 651. The Hall–Kier alpha value is -2.15. The first-order valence-corrected chi connectivity index (χ1v) is 11.0. The molecule has 0 spiro atoms. The molecule has 0 aliphatic carbocycles. The molecule has 0 aliphatic heterocycles. The van der Waals surface area contributed by atoms with Crippen molar-refractivity contribution in [2.24, 2.45) is 0 Å². The fourth-order valence-electron chi connectivity index (χ4n) is 2.19. The second kappa shape index (κ2) is 7.82. The van der Waals surface area contributed by atoms with Gasteiger partial charge >= 0.3 is 12.0 Å². The lowest BCUT2D eigenvalue weighted by molar-refractivity contribution is -0.512. The van der Waals surface area contributed by atoms with Crippen molar-refractivity contribution >= 4 is 14.3 Å². The van der Waals surface area contributed by atoms with Crippen LogP contribution in [-0.4, -0.2) is 32.4 Å². The molecule has 6 nitrogen and oxygen atoms in total. The predicted octanol–water partition coefficient (Wildman–Crippen LogP) is 4.16. The number of hydrogen-bond donors (Lipinski definition) is 0. The summed E-state index contributed by atoms with van der Waals surface area (Å²) in [5.41, 5.74) is 0.564. The average Bonchev–Trinajstić information content (AvgIpc) is 2.50. The normalized spacial score (nSPS) is 14.3. The van der Waals surface area contributed by atoms with Gasteiger partial charge in [-0.2, -0.15) is 0 Å². The first kappa shape index (κ1) is 20.9. The van der Waals surface area contributed by atoms with Crippen molar-refractivity contribution in [1.82, 2.24) is 0 Å². The number of nitro groups is 1. The molecule has 0 bridgehead atoms. The van der Waals surface area contributed by atoms with Crippen molar-refractivity contribution in [2.75, 3.05) is 7.11 Å². The maximum Gasteiger partial charge on any atom is 0.382 e. The van der Waals surface area contributed by atoms with Crippen LogP contribution in [-0.2, 0) is 9.53 Å². The maximum atomic E-state index is 11.9. The summed E-state index contributed by atoms with van der Waals surface area (Å²) in [5.74, 6) is -1.20. The molecule has 1 aromatic carbocycles. The van der Waals surface area contributed by atoms with Crippen LogP contribution >= 0.6 is 0 Å². The molecule has 2 unspecified atom stereocenters. The maximum absolute atomic E-state index is 11.9. The number of methoxy groups -OCH3 is 1. The van der Waals surface area contributed by atoms with Crippen molar-refractivity contribution in [3.05, 3.63) is 52.6 Å². The smallest absolute Gasteiger partial charge is 0.382 e. The van der Waals surface area contributed by atoms with Crippen LogP contribution in [0.2, 0.25) is 18.1 Å². The van der Waals surface area contributed by atoms with Gasteiger partial charge in [0, 0.05) is 10.5 Å². The highest BCUT2D eigenvalue weighted by molar-refractivity contribution is 6.74. The average molecular weight is 366 g/mol. The van der Waals surface area contributed by atoms with Crippen LogP contribution in [0.15, 0.2) is 36.9 Å². The number of carbonyl (C=O) groups is 1. The van der Waals surface area contributed by atoms with Gasteiger partial charge in [0.1, 0.15) is 5.75 Å². The van der Waals surface area contributed by atoms with Crippen molar-refractivity contribution in [1.29, 1.82) is 0 Å². The molecule has 0 saturated carbocycles. The van der Waals surface area contributed by atoms with Crippen LogP contribution in [0.25, 0.3) is 0 Å². The number of benzene rings is 1. The van der Waals surface area contributed by atoms with Gasteiger partial charge in [0.25, 0.3) is 0 Å². The fourth-order valence-corrected chi connectivity index (χ4v) is 3.23. The molecule has 2 atom stereocenters. The van der Waals surface area contributed by atoms with E-state index < -0.39 is 31.2 Å². The van der Waals surface area contributed by atoms with E-state index in [4.69, 9.17) is 4.43 Å². The Morgan fingerprint density at radius 3 is 2.32 bits per heavy atom. The number of hydrogen-bond acceptors (Lipinski definition) is 5. The monoisotopic (exact) mass is 365 g/mol. The Labute approximate surface area is 150 Å². The number of ether oxygens (including phenoxy) is 1. The lowest BCUT2D eigenvalue weighted by atomic mass is 9.91. The van der Waals surface area contributed by atoms with E-state index in [0.29, 0.717) is 11.3 Å². The SMILES string of the molecule is C=CC(c1ccccc1O[Si](C)(C)C(C)(C)C)C(C(=O)OC)[N+](=O)[O-]. The molecule has 7 heteroatoms. The van der Waals surface area contributed by atoms with Gasteiger partial charge in [-0.15, -0.1) is 6.58 Å². The van der Waals surface area contributed by atoms with Gasteiger partial charge in [-0.25, -0.2) is 4.79 Å². The molecule has 0 aromatic heterocycles. The molecular formula is C18H27NO5Si. The summed E-state index contributed by atoms with van der Waals surface area (Å²) in [6, 6.07) is 5.52. The predicted molar refractivity (Wildman–Crippen MR) is 100 cm³/mol. The number of rotatable bonds is 7. The van der Waals surface area contributed by atoms with E-state index in [-0.39, 0.29) is 5.04 Å². The van der Waals surface area contributed by atoms with E-state index in [2.05, 4.69) is 45.2 Å². The minimum atomic E-state index is -2.15. The number of para-hydroxylation sites is 1. The molecule has 0 N–H and O–H groups in total. The highest BCUT2D eigenvalue weighted by Gasteiger charge is 2.43. The molecule has 1 aromatic rings. The van der Waals surface area contributed by atoms with E-state index in [1.807, 2.05) is 6.07 Å². The van der Waals surface area contributed by atoms with Crippen LogP contribution in [0.5, 0.6) is 5.75 Å². The van der Waals surface area contributed by atoms with Crippen LogP contribution in [0.4, 0.5) is 0 Å². The van der Waals surface area contributed by atoms with Gasteiger partial charge in [0.05, 0.1) is 13.0 Å². The summed E-state index contributed by atoms with van der Waals surface area (Å²) < 4.78 is 11.0. The summed E-state index contributed by atoms with van der Waals surface area (Å²) >= 11 is 0. The Balaban J connectivity index is 3.39. The number of nitrogens with zero attached hydrogens (tertiary/aromatic N) is 1. The first-order chi connectivity index (χ1) is 11.5. The number of esters is 1. The fraction of sp³-hybridized carbons (Fsp3) is 0.500. The van der Waals surface area contributed by atoms with Crippen molar-refractivity contribution in [3.63, 3.8) is 0 Å². The van der Waals surface area contributed by atoms with E-state index >= 15 is 0 Å². The zero-order chi connectivity index (χ0) is 19.4. The molecule has 0 saturated heterocycles. The summed E-state index contributed by atoms with van der Waals surface area (Å²) in [4.78, 5) is 22.8. The Kier molecular flexibility index (Phi) is 6.53. The van der Waals surface area contributed by atoms with Crippen LogP contribution in [0, 0.1) is 10.1 Å². The van der Waals surface area contributed by atoms with Crippen molar-refractivity contribution < 1.29 is 18.9 Å².